The first kappa shape index (κ1) is 37.5. The van der Waals surface area contributed by atoms with Gasteiger partial charge in [-0.25, -0.2) is 0 Å². The van der Waals surface area contributed by atoms with Crippen molar-refractivity contribution in [2.45, 2.75) is 78.5 Å². The number of terminal acetylenes is 1. The number of nitrogens with two attached hydrogens (primary N) is 1. The molecule has 2 heterocycles. The molecule has 4 N–H and O–H groups in total. The van der Waals surface area contributed by atoms with Gasteiger partial charge in [0.2, 0.25) is 0 Å². The smallest absolute Gasteiger partial charge is 0.293 e. The number of nitrogens with one attached hydrogen (secondary N) is 2. The summed E-state index contributed by atoms with van der Waals surface area (Å²) >= 11 is 4.49. The van der Waals surface area contributed by atoms with Gasteiger partial charge in [0.15, 0.2) is 5.78 Å². The van der Waals surface area contributed by atoms with Gasteiger partial charge >= 0.3 is 0 Å². The van der Waals surface area contributed by atoms with Gasteiger partial charge in [-0.2, -0.15) is 0 Å². The summed E-state index contributed by atoms with van der Waals surface area (Å²) < 4.78 is 13.3. The summed E-state index contributed by atoms with van der Waals surface area (Å²) in [5.74, 6) is 5.36. The molecule has 3 aromatic rings. The van der Waals surface area contributed by atoms with E-state index in [4.69, 9.17) is 31.7 Å². The van der Waals surface area contributed by atoms with Crippen LogP contribution < -0.4 is 16.6 Å². The molecule has 0 aliphatic rings. The zero-order valence-corrected chi connectivity index (χ0v) is 29.0. The molecule has 0 aliphatic heterocycles. The van der Waals surface area contributed by atoms with E-state index in [1.54, 1.807) is 24.9 Å². The minimum atomic E-state index is -0.537. The minimum Gasteiger partial charge on any atom is -0.467 e. The largest absolute Gasteiger partial charge is 0.467 e. The van der Waals surface area contributed by atoms with Crippen LogP contribution in [0.2, 0.25) is 0 Å². The Morgan fingerprint density at radius 1 is 1.30 bits per heavy atom. The summed E-state index contributed by atoms with van der Waals surface area (Å²) in [6.07, 6.45) is 11.6. The van der Waals surface area contributed by atoms with Crippen LogP contribution in [0, 0.1) is 17.9 Å². The van der Waals surface area contributed by atoms with Gasteiger partial charge in [-0.3, -0.25) is 30.8 Å². The van der Waals surface area contributed by atoms with Gasteiger partial charge in [0, 0.05) is 78.9 Å². The fourth-order valence-electron chi connectivity index (χ4n) is 5.75. The topological polar surface area (TPSA) is 133 Å². The van der Waals surface area contributed by atoms with Crippen LogP contribution in [0.5, 0.6) is 0 Å². The van der Waals surface area contributed by atoms with Gasteiger partial charge in [0.25, 0.3) is 6.47 Å². The first-order valence-corrected chi connectivity index (χ1v) is 16.4. The van der Waals surface area contributed by atoms with Crippen molar-refractivity contribution in [3.8, 4) is 23.7 Å². The molecule has 2 unspecified atom stereocenters. The number of hydrogen-bond acceptors (Lipinski definition) is 10. The third-order valence-electron chi connectivity index (χ3n) is 8.14. The van der Waals surface area contributed by atoms with Crippen LogP contribution in [0.1, 0.15) is 76.3 Å². The van der Waals surface area contributed by atoms with Crippen LogP contribution in [0.4, 0.5) is 0 Å². The number of benzene rings is 1. The highest BCUT2D eigenvalue weighted by molar-refractivity contribution is 7.83. The van der Waals surface area contributed by atoms with Crippen molar-refractivity contribution in [2.24, 2.45) is 16.3 Å². The number of ether oxygens (including phenoxy) is 2. The number of ketones is 1. The molecule has 0 fully saturated rings. The number of aryl methyl sites for hydroxylation is 1. The molecule has 2 atom stereocenters. The number of methoxy groups -OCH3 is 1. The Kier molecular flexibility index (Phi) is 14.7. The third kappa shape index (κ3) is 9.78. The van der Waals surface area contributed by atoms with E-state index in [1.807, 2.05) is 19.1 Å². The molecule has 3 rings (SSSR count). The summed E-state index contributed by atoms with van der Waals surface area (Å²) in [5.41, 5.74) is 8.80. The SMILES string of the molecule is C#CNC(CC=N/C(=C\S)c1ccc2c(c1)c(CC(C)(C)COC=O)c(-c1cccnc1C(C)OC)n2CC)C(=O)CCCCNN. The first-order chi connectivity index (χ1) is 22.7. The van der Waals surface area contributed by atoms with E-state index in [9.17, 15) is 9.59 Å². The Labute approximate surface area is 284 Å². The number of thiol groups is 1. The predicted molar refractivity (Wildman–Crippen MR) is 193 cm³/mol. The third-order valence-corrected chi connectivity index (χ3v) is 8.39. The molecule has 47 heavy (non-hydrogen) atoms. The highest BCUT2D eigenvalue weighted by Crippen LogP contribution is 2.41. The maximum absolute atomic E-state index is 12.8. The monoisotopic (exact) mass is 660 g/mol. The van der Waals surface area contributed by atoms with Crippen molar-refractivity contribution in [1.29, 1.82) is 0 Å². The van der Waals surface area contributed by atoms with Crippen molar-refractivity contribution in [3.63, 3.8) is 0 Å². The quantitative estimate of drug-likeness (QED) is 0.0180. The molecular formula is C36H48N6O4S. The van der Waals surface area contributed by atoms with Crippen molar-refractivity contribution >= 4 is 47.7 Å². The van der Waals surface area contributed by atoms with E-state index in [0.717, 1.165) is 58.4 Å². The number of carbonyl (C=O) groups excluding carboxylic acids is 2. The van der Waals surface area contributed by atoms with Crippen LogP contribution in [0.15, 0.2) is 46.9 Å². The molecular weight excluding hydrogens is 613 g/mol. The van der Waals surface area contributed by atoms with E-state index < -0.39 is 6.04 Å². The van der Waals surface area contributed by atoms with Gasteiger partial charge in [0.05, 0.1) is 35.8 Å². The lowest BCUT2D eigenvalue weighted by Crippen LogP contribution is -2.34. The van der Waals surface area contributed by atoms with Gasteiger partial charge in [-0.1, -0.05) is 26.3 Å². The van der Waals surface area contributed by atoms with Crippen LogP contribution in [0.25, 0.3) is 27.9 Å². The van der Waals surface area contributed by atoms with Crippen LogP contribution >= 0.6 is 12.6 Å². The molecule has 0 bridgehead atoms. The van der Waals surface area contributed by atoms with E-state index >= 15 is 0 Å². The molecule has 252 valence electrons. The van der Waals surface area contributed by atoms with Gasteiger partial charge < -0.3 is 19.4 Å². The number of rotatable bonds is 20. The predicted octanol–water partition coefficient (Wildman–Crippen LogP) is 5.61. The molecule has 2 aromatic heterocycles. The second-order valence-electron chi connectivity index (χ2n) is 12.1. The number of aromatic nitrogens is 2. The molecule has 1 aromatic carbocycles. The summed E-state index contributed by atoms with van der Waals surface area (Å²) in [5, 5.41) is 5.54. The molecule has 0 aliphatic carbocycles. The molecule has 10 nitrogen and oxygen atoms in total. The Hall–Kier alpha value is -3.95. The Morgan fingerprint density at radius 2 is 2.09 bits per heavy atom. The lowest BCUT2D eigenvalue weighted by molar-refractivity contribution is -0.131. The molecule has 0 saturated heterocycles. The van der Waals surface area contributed by atoms with Crippen molar-refractivity contribution in [2.75, 3.05) is 20.3 Å². The summed E-state index contributed by atoms with van der Waals surface area (Å²) in [6, 6.07) is 12.1. The fourth-order valence-corrected chi connectivity index (χ4v) is 5.97. The number of Topliss-reactive ketones (excluding diaryl/α,β-unsaturated/α-hetero) is 1. The Morgan fingerprint density at radius 3 is 2.74 bits per heavy atom. The maximum atomic E-state index is 12.8. The molecule has 0 amide bonds. The number of hydrazine groups is 1. The van der Waals surface area contributed by atoms with E-state index in [2.05, 4.69) is 73.0 Å². The normalized spacial score (nSPS) is 13.4. The highest BCUT2D eigenvalue weighted by Gasteiger charge is 2.28. The lowest BCUT2D eigenvalue weighted by Gasteiger charge is -2.25. The van der Waals surface area contributed by atoms with Crippen LogP contribution in [0.3, 0.4) is 0 Å². The number of nitrogens with zero attached hydrogens (tertiary/aromatic N) is 3. The molecule has 11 heteroatoms. The fraction of sp³-hybridized carbons (Fsp3) is 0.444. The Bertz CT molecular complexity index is 1610. The standard InChI is InChI=1S/C36H48N6O4S/c1-7-38-30(33(44)13-9-10-18-41-37)16-19-39-31(22-47)26-14-15-32-28(20-26)29(21-36(4,5)23-46-24-43)35(42(32)8-2)27-12-11-17-40-34(27)25(3)45-6/h1,11-12,14-15,17,19-20,22,24-25,30,38,41,47H,8-10,13,16,18,21,23,37H2,2-6H3/b31-22-,39-19?. The van der Waals surface area contributed by atoms with E-state index in [1.165, 1.54) is 0 Å². The second kappa shape index (κ2) is 18.4. The molecule has 0 spiro atoms. The first-order valence-electron chi connectivity index (χ1n) is 15.9. The zero-order chi connectivity index (χ0) is 34.4. The Balaban J connectivity index is 2.09. The average Bonchev–Trinajstić information content (AvgIpc) is 3.38. The van der Waals surface area contributed by atoms with Crippen molar-refractivity contribution in [3.05, 3.63) is 58.8 Å². The van der Waals surface area contributed by atoms with E-state index in [0.29, 0.717) is 38.0 Å². The zero-order valence-electron chi connectivity index (χ0n) is 28.1. The van der Waals surface area contributed by atoms with Crippen LogP contribution in [-0.2, 0) is 32.0 Å². The van der Waals surface area contributed by atoms with Gasteiger partial charge in [-0.15, -0.1) is 12.6 Å². The summed E-state index contributed by atoms with van der Waals surface area (Å²) in [4.78, 5) is 33.3. The van der Waals surface area contributed by atoms with Crippen LogP contribution in [-0.4, -0.2) is 54.3 Å². The summed E-state index contributed by atoms with van der Waals surface area (Å²) in [7, 11) is 1.68. The lowest BCUT2D eigenvalue weighted by atomic mass is 9.84. The number of pyridine rings is 1. The number of hydrogen-bond donors (Lipinski definition) is 4. The second-order valence-corrected chi connectivity index (χ2v) is 12.4. The van der Waals surface area contributed by atoms with E-state index in [-0.39, 0.29) is 23.9 Å². The molecule has 0 saturated carbocycles. The number of aliphatic imine (C=N–C) groups is 1. The highest BCUT2D eigenvalue weighted by atomic mass is 32.1. The van der Waals surface area contributed by atoms with Gasteiger partial charge in [-0.05, 0) is 68.3 Å². The minimum absolute atomic E-state index is 0.0288. The maximum Gasteiger partial charge on any atom is 0.293 e. The van der Waals surface area contributed by atoms with Gasteiger partial charge in [0.1, 0.15) is 0 Å². The number of carbonyl (C=O) groups is 2. The molecule has 0 radical (unpaired) electrons. The van der Waals surface area contributed by atoms with Crippen molar-refractivity contribution in [1.82, 2.24) is 20.3 Å². The van der Waals surface area contributed by atoms with Crippen molar-refractivity contribution < 1.29 is 19.1 Å². The average molecular weight is 661 g/mol. The number of fused-ring (bicyclic) bond motifs is 1. The summed E-state index contributed by atoms with van der Waals surface area (Å²) in [6.45, 7) is 10.4. The number of unbranched alkanes of at least 4 members (excludes halogenated alkanes) is 1.